The number of hydrogen-bond donors (Lipinski definition) is 2. The van der Waals surface area contributed by atoms with Crippen LogP contribution in [0.3, 0.4) is 0 Å². The largest absolute Gasteiger partial charge is 0.368 e. The van der Waals surface area contributed by atoms with Gasteiger partial charge < -0.3 is 16.0 Å². The minimum absolute atomic E-state index is 0.236. The van der Waals surface area contributed by atoms with Crippen molar-refractivity contribution < 1.29 is 0 Å². The van der Waals surface area contributed by atoms with Gasteiger partial charge in [-0.15, -0.1) is 0 Å². The number of anilines is 4. The summed E-state index contributed by atoms with van der Waals surface area (Å²) in [6.45, 7) is 1.94. The standard InChI is InChI=1S/C13H15BrN6/c14-9-4-3-5-10(8-9)16-12-17-11(15)18-13(19-12)20-6-1-2-7-20/h3-5,8H,1-2,6-7H2,(H3,15,16,17,18,19). The summed E-state index contributed by atoms with van der Waals surface area (Å²) in [5.41, 5.74) is 6.67. The molecule has 3 N–H and O–H groups in total. The molecule has 0 saturated carbocycles. The second kappa shape index (κ2) is 5.62. The third-order valence-electron chi connectivity index (χ3n) is 3.11. The van der Waals surface area contributed by atoms with Crippen molar-refractivity contribution in [3.05, 3.63) is 28.7 Å². The van der Waals surface area contributed by atoms with Crippen LogP contribution in [0.5, 0.6) is 0 Å². The molecule has 0 aliphatic carbocycles. The molecule has 7 heteroatoms. The van der Waals surface area contributed by atoms with Crippen LogP contribution in [-0.4, -0.2) is 28.0 Å². The molecule has 1 fully saturated rings. The molecule has 0 atom stereocenters. The van der Waals surface area contributed by atoms with Crippen molar-refractivity contribution in [3.63, 3.8) is 0 Å². The molecule has 0 radical (unpaired) electrons. The maximum absolute atomic E-state index is 5.77. The number of rotatable bonds is 3. The van der Waals surface area contributed by atoms with Crippen LogP contribution in [0.2, 0.25) is 0 Å². The van der Waals surface area contributed by atoms with E-state index in [1.54, 1.807) is 0 Å². The average Bonchev–Trinajstić information content (AvgIpc) is 2.91. The molecular formula is C13H15BrN6. The lowest BCUT2D eigenvalue weighted by Gasteiger charge is -2.16. The first-order chi connectivity index (χ1) is 9.70. The average molecular weight is 335 g/mol. The molecule has 6 nitrogen and oxygen atoms in total. The molecule has 1 saturated heterocycles. The predicted octanol–water partition coefficient (Wildman–Crippen LogP) is 2.56. The zero-order valence-corrected chi connectivity index (χ0v) is 12.5. The van der Waals surface area contributed by atoms with E-state index in [1.807, 2.05) is 24.3 Å². The summed E-state index contributed by atoms with van der Waals surface area (Å²) in [6, 6.07) is 7.80. The molecule has 0 amide bonds. The molecule has 1 aliphatic rings. The molecule has 104 valence electrons. The Morgan fingerprint density at radius 3 is 2.70 bits per heavy atom. The Morgan fingerprint density at radius 2 is 1.95 bits per heavy atom. The van der Waals surface area contributed by atoms with Gasteiger partial charge in [-0.3, -0.25) is 0 Å². The molecular weight excluding hydrogens is 320 g/mol. The number of benzene rings is 1. The molecule has 0 bridgehead atoms. The van der Waals surface area contributed by atoms with Crippen LogP contribution < -0.4 is 16.0 Å². The van der Waals surface area contributed by atoms with Gasteiger partial charge in [0.2, 0.25) is 17.8 Å². The van der Waals surface area contributed by atoms with Gasteiger partial charge in [0.25, 0.3) is 0 Å². The highest BCUT2D eigenvalue weighted by Gasteiger charge is 2.16. The van der Waals surface area contributed by atoms with Crippen LogP contribution >= 0.6 is 15.9 Å². The molecule has 1 aromatic heterocycles. The van der Waals surface area contributed by atoms with E-state index < -0.39 is 0 Å². The third-order valence-corrected chi connectivity index (χ3v) is 3.60. The van der Waals surface area contributed by atoms with Crippen molar-refractivity contribution in [1.82, 2.24) is 15.0 Å². The SMILES string of the molecule is Nc1nc(Nc2cccc(Br)c2)nc(N2CCCC2)n1. The fourth-order valence-corrected chi connectivity index (χ4v) is 2.59. The van der Waals surface area contributed by atoms with E-state index in [0.717, 1.165) is 23.2 Å². The summed E-state index contributed by atoms with van der Waals surface area (Å²) < 4.78 is 0.990. The van der Waals surface area contributed by atoms with Gasteiger partial charge in [0.1, 0.15) is 0 Å². The Morgan fingerprint density at radius 1 is 1.15 bits per heavy atom. The number of nitrogen functional groups attached to an aromatic ring is 1. The van der Waals surface area contributed by atoms with Gasteiger partial charge in [0.15, 0.2) is 0 Å². The summed E-state index contributed by atoms with van der Waals surface area (Å²) >= 11 is 3.43. The van der Waals surface area contributed by atoms with Gasteiger partial charge in [-0.05, 0) is 31.0 Å². The Bertz CT molecular complexity index is 612. The van der Waals surface area contributed by atoms with Crippen molar-refractivity contribution in [2.45, 2.75) is 12.8 Å². The van der Waals surface area contributed by atoms with Crippen LogP contribution in [-0.2, 0) is 0 Å². The van der Waals surface area contributed by atoms with E-state index in [9.17, 15) is 0 Å². The van der Waals surface area contributed by atoms with E-state index in [-0.39, 0.29) is 5.95 Å². The topological polar surface area (TPSA) is 80.0 Å². The highest BCUT2D eigenvalue weighted by atomic mass is 79.9. The van der Waals surface area contributed by atoms with Crippen LogP contribution in [0.1, 0.15) is 12.8 Å². The number of nitrogens with two attached hydrogens (primary N) is 1. The number of hydrogen-bond acceptors (Lipinski definition) is 6. The number of nitrogens with one attached hydrogen (secondary N) is 1. The lowest BCUT2D eigenvalue weighted by molar-refractivity contribution is 0.887. The number of aromatic nitrogens is 3. The minimum atomic E-state index is 0.236. The lowest BCUT2D eigenvalue weighted by atomic mass is 10.3. The lowest BCUT2D eigenvalue weighted by Crippen LogP contribution is -2.21. The Kier molecular flexibility index (Phi) is 3.68. The van der Waals surface area contributed by atoms with Crippen molar-refractivity contribution in [2.75, 3.05) is 29.0 Å². The summed E-state index contributed by atoms with van der Waals surface area (Å²) in [5, 5.41) is 3.15. The summed E-state index contributed by atoms with van der Waals surface area (Å²) in [5.74, 6) is 1.35. The van der Waals surface area contributed by atoms with Crippen molar-refractivity contribution >= 4 is 39.5 Å². The zero-order chi connectivity index (χ0) is 13.9. The number of nitrogens with zero attached hydrogens (tertiary/aromatic N) is 4. The van der Waals surface area contributed by atoms with E-state index >= 15 is 0 Å². The normalized spacial score (nSPS) is 14.6. The molecule has 20 heavy (non-hydrogen) atoms. The van der Waals surface area contributed by atoms with Crippen LogP contribution in [0.4, 0.5) is 23.5 Å². The van der Waals surface area contributed by atoms with E-state index in [4.69, 9.17) is 5.73 Å². The fraction of sp³-hybridized carbons (Fsp3) is 0.308. The Balaban J connectivity index is 1.85. The van der Waals surface area contributed by atoms with Gasteiger partial charge >= 0.3 is 0 Å². The van der Waals surface area contributed by atoms with Gasteiger partial charge in [-0.25, -0.2) is 0 Å². The molecule has 2 aromatic rings. The Labute approximate surface area is 125 Å². The summed E-state index contributed by atoms with van der Waals surface area (Å²) in [4.78, 5) is 14.9. The minimum Gasteiger partial charge on any atom is -0.368 e. The maximum Gasteiger partial charge on any atom is 0.233 e. The first-order valence-electron chi connectivity index (χ1n) is 6.50. The molecule has 0 spiro atoms. The van der Waals surface area contributed by atoms with E-state index in [0.29, 0.717) is 11.9 Å². The second-order valence-corrected chi connectivity index (χ2v) is 5.56. The second-order valence-electron chi connectivity index (χ2n) is 4.65. The summed E-state index contributed by atoms with van der Waals surface area (Å²) in [7, 11) is 0. The molecule has 1 aliphatic heterocycles. The van der Waals surface area contributed by atoms with Gasteiger partial charge in [-0.2, -0.15) is 15.0 Å². The van der Waals surface area contributed by atoms with E-state index in [2.05, 4.69) is 41.1 Å². The maximum atomic E-state index is 5.77. The highest BCUT2D eigenvalue weighted by Crippen LogP contribution is 2.21. The molecule has 3 rings (SSSR count). The smallest absolute Gasteiger partial charge is 0.233 e. The first-order valence-corrected chi connectivity index (χ1v) is 7.29. The zero-order valence-electron chi connectivity index (χ0n) is 10.9. The first kappa shape index (κ1) is 13.1. The fourth-order valence-electron chi connectivity index (χ4n) is 2.19. The van der Waals surface area contributed by atoms with Crippen molar-refractivity contribution in [2.24, 2.45) is 0 Å². The Hall–Kier alpha value is -1.89. The predicted molar refractivity (Wildman–Crippen MR) is 83.1 cm³/mol. The van der Waals surface area contributed by atoms with Gasteiger partial charge in [-0.1, -0.05) is 22.0 Å². The van der Waals surface area contributed by atoms with Crippen molar-refractivity contribution in [1.29, 1.82) is 0 Å². The molecule has 0 unspecified atom stereocenters. The number of halogens is 1. The van der Waals surface area contributed by atoms with Crippen LogP contribution in [0.15, 0.2) is 28.7 Å². The van der Waals surface area contributed by atoms with Gasteiger partial charge in [0, 0.05) is 23.2 Å². The third kappa shape index (κ3) is 2.98. The molecule has 2 heterocycles. The highest BCUT2D eigenvalue weighted by molar-refractivity contribution is 9.10. The van der Waals surface area contributed by atoms with E-state index in [1.165, 1.54) is 12.8 Å². The van der Waals surface area contributed by atoms with Crippen LogP contribution in [0.25, 0.3) is 0 Å². The summed E-state index contributed by atoms with van der Waals surface area (Å²) in [6.07, 6.45) is 2.33. The van der Waals surface area contributed by atoms with Crippen molar-refractivity contribution in [3.8, 4) is 0 Å². The van der Waals surface area contributed by atoms with Gasteiger partial charge in [0.05, 0.1) is 0 Å². The van der Waals surface area contributed by atoms with Crippen LogP contribution in [0, 0.1) is 0 Å². The quantitative estimate of drug-likeness (QED) is 0.897. The molecule has 1 aromatic carbocycles. The monoisotopic (exact) mass is 334 g/mol.